The Bertz CT molecular complexity index is 325. The van der Waals surface area contributed by atoms with Crippen LogP contribution in [0.4, 0.5) is 4.39 Å². The van der Waals surface area contributed by atoms with Crippen LogP contribution in [-0.4, -0.2) is 6.61 Å². The summed E-state index contributed by atoms with van der Waals surface area (Å²) in [6, 6.07) is 4.91. The molecule has 0 spiro atoms. The standard InChI is InChI=1S/C12H14BrFO/c1-2-3-4-7-15-9-10-5-6-12(14)11(13)8-10/h2,5-6,8H,1,3-4,7,9H2. The zero-order valence-electron chi connectivity index (χ0n) is 8.51. The highest BCUT2D eigenvalue weighted by Gasteiger charge is 2.00. The second-order valence-corrected chi connectivity index (χ2v) is 4.09. The molecule has 1 aromatic rings. The second kappa shape index (κ2) is 6.75. The molecule has 0 saturated carbocycles. The van der Waals surface area contributed by atoms with E-state index in [4.69, 9.17) is 4.74 Å². The summed E-state index contributed by atoms with van der Waals surface area (Å²) in [6.07, 6.45) is 3.82. The Kier molecular flexibility index (Phi) is 5.58. The average Bonchev–Trinajstić information content (AvgIpc) is 2.23. The van der Waals surface area contributed by atoms with Gasteiger partial charge >= 0.3 is 0 Å². The fraction of sp³-hybridized carbons (Fsp3) is 0.333. The molecule has 0 fully saturated rings. The van der Waals surface area contributed by atoms with E-state index >= 15 is 0 Å². The first-order valence-corrected chi connectivity index (χ1v) is 5.66. The second-order valence-electron chi connectivity index (χ2n) is 3.23. The van der Waals surface area contributed by atoms with Crippen molar-refractivity contribution in [3.63, 3.8) is 0 Å². The van der Waals surface area contributed by atoms with Crippen molar-refractivity contribution in [2.45, 2.75) is 19.4 Å². The molecule has 0 unspecified atom stereocenters. The van der Waals surface area contributed by atoms with Crippen LogP contribution in [0, 0.1) is 5.82 Å². The van der Waals surface area contributed by atoms with Crippen molar-refractivity contribution in [3.8, 4) is 0 Å². The fourth-order valence-corrected chi connectivity index (χ4v) is 1.58. The number of benzene rings is 1. The molecule has 0 aliphatic heterocycles. The topological polar surface area (TPSA) is 9.23 Å². The first-order valence-electron chi connectivity index (χ1n) is 4.86. The van der Waals surface area contributed by atoms with Crippen LogP contribution in [0.2, 0.25) is 0 Å². The highest BCUT2D eigenvalue weighted by atomic mass is 79.9. The third kappa shape index (κ3) is 4.58. The van der Waals surface area contributed by atoms with Crippen molar-refractivity contribution in [1.29, 1.82) is 0 Å². The SMILES string of the molecule is C=CCCCOCc1ccc(F)c(Br)c1. The Morgan fingerprint density at radius 3 is 2.93 bits per heavy atom. The van der Waals surface area contributed by atoms with E-state index < -0.39 is 0 Å². The number of halogens is 2. The predicted octanol–water partition coefficient (Wildman–Crippen LogP) is 4.07. The lowest BCUT2D eigenvalue weighted by atomic mass is 10.2. The van der Waals surface area contributed by atoms with Gasteiger partial charge in [-0.1, -0.05) is 12.1 Å². The molecule has 0 amide bonds. The van der Waals surface area contributed by atoms with Crippen LogP contribution in [0.3, 0.4) is 0 Å². The summed E-state index contributed by atoms with van der Waals surface area (Å²) in [5.41, 5.74) is 0.974. The molecular weight excluding hydrogens is 259 g/mol. The summed E-state index contributed by atoms with van der Waals surface area (Å²) in [6.45, 7) is 4.87. The van der Waals surface area contributed by atoms with Crippen LogP contribution in [0.5, 0.6) is 0 Å². The number of hydrogen-bond donors (Lipinski definition) is 0. The van der Waals surface area contributed by atoms with Gasteiger partial charge in [-0.25, -0.2) is 4.39 Å². The maximum atomic E-state index is 12.9. The van der Waals surface area contributed by atoms with E-state index in [-0.39, 0.29) is 5.82 Å². The average molecular weight is 273 g/mol. The van der Waals surface area contributed by atoms with Gasteiger partial charge < -0.3 is 4.74 Å². The molecule has 3 heteroatoms. The van der Waals surface area contributed by atoms with Crippen molar-refractivity contribution in [3.05, 3.63) is 46.7 Å². The Labute approximate surface area is 98.1 Å². The third-order valence-corrected chi connectivity index (χ3v) is 2.56. The molecular formula is C12H14BrFO. The highest BCUT2D eigenvalue weighted by molar-refractivity contribution is 9.10. The van der Waals surface area contributed by atoms with Gasteiger partial charge in [0.15, 0.2) is 0 Å². The first-order chi connectivity index (χ1) is 7.24. The first kappa shape index (κ1) is 12.4. The minimum atomic E-state index is -0.245. The Morgan fingerprint density at radius 2 is 2.27 bits per heavy atom. The maximum Gasteiger partial charge on any atom is 0.137 e. The molecule has 0 heterocycles. The molecule has 15 heavy (non-hydrogen) atoms. The van der Waals surface area contributed by atoms with Crippen molar-refractivity contribution in [2.24, 2.45) is 0 Å². The lowest BCUT2D eigenvalue weighted by molar-refractivity contribution is 0.119. The fourth-order valence-electron chi connectivity index (χ4n) is 1.15. The smallest absolute Gasteiger partial charge is 0.137 e. The molecule has 0 aromatic heterocycles. The van der Waals surface area contributed by atoms with E-state index in [0.29, 0.717) is 17.7 Å². The van der Waals surface area contributed by atoms with E-state index in [1.807, 2.05) is 6.08 Å². The highest BCUT2D eigenvalue weighted by Crippen LogP contribution is 2.17. The van der Waals surface area contributed by atoms with E-state index in [2.05, 4.69) is 22.5 Å². The Hall–Kier alpha value is -0.670. The van der Waals surface area contributed by atoms with Gasteiger partial charge in [-0.2, -0.15) is 0 Å². The van der Waals surface area contributed by atoms with Gasteiger partial charge in [0, 0.05) is 6.61 Å². The number of hydrogen-bond acceptors (Lipinski definition) is 1. The summed E-state index contributed by atoms with van der Waals surface area (Å²) >= 11 is 3.14. The van der Waals surface area contributed by atoms with Crippen LogP contribution in [-0.2, 0) is 11.3 Å². The molecule has 1 rings (SSSR count). The molecule has 0 saturated heterocycles. The van der Waals surface area contributed by atoms with E-state index in [0.717, 1.165) is 18.4 Å². The monoisotopic (exact) mass is 272 g/mol. The van der Waals surface area contributed by atoms with Gasteiger partial charge in [0.1, 0.15) is 5.82 Å². The number of ether oxygens (including phenoxy) is 1. The molecule has 0 aliphatic carbocycles. The minimum absolute atomic E-state index is 0.245. The zero-order chi connectivity index (χ0) is 11.1. The molecule has 0 bridgehead atoms. The van der Waals surface area contributed by atoms with E-state index in [9.17, 15) is 4.39 Å². The molecule has 1 aromatic carbocycles. The van der Waals surface area contributed by atoms with Crippen molar-refractivity contribution in [1.82, 2.24) is 0 Å². The maximum absolute atomic E-state index is 12.9. The van der Waals surface area contributed by atoms with Crippen LogP contribution in [0.1, 0.15) is 18.4 Å². The Balaban J connectivity index is 2.31. The molecule has 0 atom stereocenters. The van der Waals surface area contributed by atoms with Crippen molar-refractivity contribution >= 4 is 15.9 Å². The molecule has 0 aliphatic rings. The van der Waals surface area contributed by atoms with Crippen molar-refractivity contribution in [2.75, 3.05) is 6.61 Å². The third-order valence-electron chi connectivity index (χ3n) is 1.95. The van der Waals surface area contributed by atoms with Crippen LogP contribution in [0.25, 0.3) is 0 Å². The molecule has 82 valence electrons. The van der Waals surface area contributed by atoms with Crippen LogP contribution in [0.15, 0.2) is 35.3 Å². The van der Waals surface area contributed by atoms with Gasteiger partial charge in [0.2, 0.25) is 0 Å². The summed E-state index contributed by atoms with van der Waals surface area (Å²) < 4.78 is 18.8. The summed E-state index contributed by atoms with van der Waals surface area (Å²) in [5.74, 6) is -0.245. The zero-order valence-corrected chi connectivity index (χ0v) is 10.1. The van der Waals surface area contributed by atoms with Gasteiger partial charge in [-0.3, -0.25) is 0 Å². The van der Waals surface area contributed by atoms with Crippen molar-refractivity contribution < 1.29 is 9.13 Å². The number of rotatable bonds is 6. The molecule has 0 radical (unpaired) electrons. The summed E-state index contributed by atoms with van der Waals surface area (Å²) in [4.78, 5) is 0. The number of allylic oxidation sites excluding steroid dienone is 1. The van der Waals surface area contributed by atoms with E-state index in [1.165, 1.54) is 6.07 Å². The molecule has 0 N–H and O–H groups in total. The predicted molar refractivity (Wildman–Crippen MR) is 63.2 cm³/mol. The largest absolute Gasteiger partial charge is 0.377 e. The van der Waals surface area contributed by atoms with Gasteiger partial charge in [0.25, 0.3) is 0 Å². The number of unbranched alkanes of at least 4 members (excludes halogenated alkanes) is 1. The molecule has 1 nitrogen and oxygen atoms in total. The summed E-state index contributed by atoms with van der Waals surface area (Å²) in [5, 5.41) is 0. The van der Waals surface area contributed by atoms with E-state index in [1.54, 1.807) is 12.1 Å². The normalized spacial score (nSPS) is 10.3. The summed E-state index contributed by atoms with van der Waals surface area (Å²) in [7, 11) is 0. The van der Waals surface area contributed by atoms with Gasteiger partial charge in [-0.05, 0) is 46.5 Å². The Morgan fingerprint density at radius 1 is 1.47 bits per heavy atom. The van der Waals surface area contributed by atoms with Gasteiger partial charge in [0.05, 0.1) is 11.1 Å². The quantitative estimate of drug-likeness (QED) is 0.560. The lowest BCUT2D eigenvalue weighted by Crippen LogP contribution is -1.95. The van der Waals surface area contributed by atoms with Crippen LogP contribution >= 0.6 is 15.9 Å². The lowest BCUT2D eigenvalue weighted by Gasteiger charge is -2.04. The van der Waals surface area contributed by atoms with Gasteiger partial charge in [-0.15, -0.1) is 6.58 Å². The minimum Gasteiger partial charge on any atom is -0.377 e. The van der Waals surface area contributed by atoms with Crippen LogP contribution < -0.4 is 0 Å².